The quantitative estimate of drug-likeness (QED) is 0.579. The zero-order valence-corrected chi connectivity index (χ0v) is 10.7. The number of aromatic nitrogens is 4. The van der Waals surface area contributed by atoms with E-state index in [0.29, 0.717) is 22.8 Å². The monoisotopic (exact) mass is 282 g/mol. The van der Waals surface area contributed by atoms with E-state index >= 15 is 0 Å². The van der Waals surface area contributed by atoms with Gasteiger partial charge in [0.2, 0.25) is 0 Å². The van der Waals surface area contributed by atoms with Crippen molar-refractivity contribution < 1.29 is 4.92 Å². The maximum Gasteiger partial charge on any atom is 0.269 e. The first-order valence-corrected chi connectivity index (χ1v) is 6.01. The van der Waals surface area contributed by atoms with Gasteiger partial charge in [0.05, 0.1) is 22.5 Å². The Bertz CT molecular complexity index is 796. The van der Waals surface area contributed by atoms with Crippen LogP contribution in [0.25, 0.3) is 17.1 Å². The molecule has 0 aliphatic carbocycles. The molecule has 2 N–H and O–H groups in total. The van der Waals surface area contributed by atoms with Gasteiger partial charge in [-0.15, -0.1) is 5.10 Å². The van der Waals surface area contributed by atoms with Gasteiger partial charge in [-0.05, 0) is 18.2 Å². The van der Waals surface area contributed by atoms with Crippen molar-refractivity contribution in [2.45, 2.75) is 0 Å². The van der Waals surface area contributed by atoms with Gasteiger partial charge in [-0.2, -0.15) is 0 Å². The minimum absolute atomic E-state index is 0.0246. The summed E-state index contributed by atoms with van der Waals surface area (Å²) in [5.41, 5.74) is 7.70. The molecule has 8 nitrogen and oxygen atoms in total. The van der Waals surface area contributed by atoms with Crippen LogP contribution >= 0.6 is 0 Å². The van der Waals surface area contributed by atoms with Gasteiger partial charge in [0.15, 0.2) is 5.82 Å². The first kappa shape index (κ1) is 12.7. The maximum absolute atomic E-state index is 10.6. The van der Waals surface area contributed by atoms with Crippen LogP contribution in [0.2, 0.25) is 0 Å². The summed E-state index contributed by atoms with van der Waals surface area (Å²) in [6.45, 7) is 0. The number of nitrogen functional groups attached to an aromatic ring is 1. The predicted octanol–water partition coefficient (Wildman–Crippen LogP) is 1.82. The third-order valence-corrected chi connectivity index (χ3v) is 2.90. The van der Waals surface area contributed by atoms with Gasteiger partial charge in [0, 0.05) is 23.9 Å². The van der Waals surface area contributed by atoms with E-state index in [0.717, 1.165) is 0 Å². The van der Waals surface area contributed by atoms with Gasteiger partial charge >= 0.3 is 0 Å². The number of benzene rings is 1. The molecular formula is C13H10N6O2. The SMILES string of the molecule is Nc1cnccc1-n1cnc(-c2ccc([N+](=O)[O-])cc2)n1. The topological polar surface area (TPSA) is 113 Å². The molecule has 3 aromatic rings. The standard InChI is InChI=1S/C13H10N6O2/c14-11-7-15-6-5-12(11)18-8-16-13(17-18)9-1-3-10(4-2-9)19(20)21/h1-8H,14H2. The summed E-state index contributed by atoms with van der Waals surface area (Å²) in [4.78, 5) is 18.3. The molecule has 1 aromatic carbocycles. The van der Waals surface area contributed by atoms with Crippen molar-refractivity contribution in [2.75, 3.05) is 5.73 Å². The average molecular weight is 282 g/mol. The molecule has 2 heterocycles. The van der Waals surface area contributed by atoms with E-state index in [-0.39, 0.29) is 5.69 Å². The highest BCUT2D eigenvalue weighted by Crippen LogP contribution is 2.20. The highest BCUT2D eigenvalue weighted by atomic mass is 16.6. The Labute approximate surface area is 119 Å². The molecular weight excluding hydrogens is 272 g/mol. The molecule has 0 aliphatic heterocycles. The molecule has 3 rings (SSSR count). The predicted molar refractivity (Wildman–Crippen MR) is 75.7 cm³/mol. The molecule has 0 radical (unpaired) electrons. The fourth-order valence-corrected chi connectivity index (χ4v) is 1.85. The third kappa shape index (κ3) is 2.41. The lowest BCUT2D eigenvalue weighted by atomic mass is 10.2. The number of nitrogens with two attached hydrogens (primary N) is 1. The molecule has 0 fully saturated rings. The second-order valence-corrected chi connectivity index (χ2v) is 4.25. The molecule has 0 atom stereocenters. The van der Waals surface area contributed by atoms with Crippen LogP contribution in [0.15, 0.2) is 49.1 Å². The van der Waals surface area contributed by atoms with E-state index in [1.165, 1.54) is 29.3 Å². The van der Waals surface area contributed by atoms with Crippen LogP contribution in [-0.4, -0.2) is 24.7 Å². The second kappa shape index (κ2) is 5.00. The smallest absolute Gasteiger partial charge is 0.269 e. The lowest BCUT2D eigenvalue weighted by molar-refractivity contribution is -0.384. The van der Waals surface area contributed by atoms with E-state index in [2.05, 4.69) is 15.1 Å². The van der Waals surface area contributed by atoms with Gasteiger partial charge < -0.3 is 5.73 Å². The molecule has 0 bridgehead atoms. The number of hydrogen-bond acceptors (Lipinski definition) is 6. The van der Waals surface area contributed by atoms with Crippen molar-refractivity contribution in [3.05, 3.63) is 59.2 Å². The van der Waals surface area contributed by atoms with Crippen molar-refractivity contribution in [2.24, 2.45) is 0 Å². The lowest BCUT2D eigenvalue weighted by Crippen LogP contribution is -2.00. The Morgan fingerprint density at radius 3 is 2.62 bits per heavy atom. The van der Waals surface area contributed by atoms with E-state index in [4.69, 9.17) is 5.73 Å². The zero-order chi connectivity index (χ0) is 14.8. The van der Waals surface area contributed by atoms with Crippen LogP contribution in [0.1, 0.15) is 0 Å². The van der Waals surface area contributed by atoms with Crippen LogP contribution in [0.3, 0.4) is 0 Å². The molecule has 104 valence electrons. The van der Waals surface area contributed by atoms with Gasteiger partial charge in [-0.25, -0.2) is 9.67 Å². The van der Waals surface area contributed by atoms with E-state index < -0.39 is 4.92 Å². The Kier molecular flexibility index (Phi) is 3.03. The minimum atomic E-state index is -0.451. The van der Waals surface area contributed by atoms with Crippen molar-refractivity contribution in [1.29, 1.82) is 0 Å². The van der Waals surface area contributed by atoms with E-state index in [1.807, 2.05) is 0 Å². The third-order valence-electron chi connectivity index (χ3n) is 2.90. The fourth-order valence-electron chi connectivity index (χ4n) is 1.85. The first-order chi connectivity index (χ1) is 10.1. The number of hydrogen-bond donors (Lipinski definition) is 1. The second-order valence-electron chi connectivity index (χ2n) is 4.25. The van der Waals surface area contributed by atoms with Crippen molar-refractivity contribution in [1.82, 2.24) is 19.7 Å². The van der Waals surface area contributed by atoms with Crippen LogP contribution in [-0.2, 0) is 0 Å². The van der Waals surface area contributed by atoms with Crippen LogP contribution in [0.5, 0.6) is 0 Å². The van der Waals surface area contributed by atoms with E-state index in [9.17, 15) is 10.1 Å². The number of pyridine rings is 1. The summed E-state index contributed by atoms with van der Waals surface area (Å²) in [5, 5.41) is 14.9. The van der Waals surface area contributed by atoms with Gasteiger partial charge in [-0.3, -0.25) is 15.1 Å². The molecule has 8 heteroatoms. The Hall–Kier alpha value is -3.29. The number of anilines is 1. The van der Waals surface area contributed by atoms with E-state index in [1.54, 1.807) is 24.4 Å². The molecule has 0 saturated carbocycles. The number of nitrogens with zero attached hydrogens (tertiary/aromatic N) is 5. The van der Waals surface area contributed by atoms with Crippen molar-refractivity contribution in [3.8, 4) is 17.1 Å². The molecule has 0 aliphatic rings. The summed E-state index contributed by atoms with van der Waals surface area (Å²) in [6.07, 6.45) is 4.67. The normalized spacial score (nSPS) is 10.5. The number of non-ortho nitro benzene ring substituents is 1. The summed E-state index contributed by atoms with van der Waals surface area (Å²) < 4.78 is 1.54. The average Bonchev–Trinajstić information content (AvgIpc) is 2.97. The molecule has 21 heavy (non-hydrogen) atoms. The first-order valence-electron chi connectivity index (χ1n) is 6.01. The summed E-state index contributed by atoms with van der Waals surface area (Å²) in [7, 11) is 0. The summed E-state index contributed by atoms with van der Waals surface area (Å²) in [5.74, 6) is 0.459. The number of nitro benzene ring substituents is 1. The maximum atomic E-state index is 10.6. The number of rotatable bonds is 3. The van der Waals surface area contributed by atoms with Gasteiger partial charge in [-0.1, -0.05) is 0 Å². The molecule has 0 spiro atoms. The lowest BCUT2D eigenvalue weighted by Gasteiger charge is -2.02. The highest BCUT2D eigenvalue weighted by molar-refractivity contribution is 5.59. The van der Waals surface area contributed by atoms with Crippen molar-refractivity contribution in [3.63, 3.8) is 0 Å². The van der Waals surface area contributed by atoms with Crippen LogP contribution < -0.4 is 5.73 Å². The van der Waals surface area contributed by atoms with Gasteiger partial charge in [0.1, 0.15) is 6.33 Å². The van der Waals surface area contributed by atoms with Crippen LogP contribution in [0, 0.1) is 10.1 Å². The van der Waals surface area contributed by atoms with Gasteiger partial charge in [0.25, 0.3) is 5.69 Å². The highest BCUT2D eigenvalue weighted by Gasteiger charge is 2.10. The minimum Gasteiger partial charge on any atom is -0.396 e. The van der Waals surface area contributed by atoms with Crippen molar-refractivity contribution >= 4 is 11.4 Å². The molecule has 2 aromatic heterocycles. The zero-order valence-electron chi connectivity index (χ0n) is 10.7. The Balaban J connectivity index is 1.95. The largest absolute Gasteiger partial charge is 0.396 e. The summed E-state index contributed by atoms with van der Waals surface area (Å²) >= 11 is 0. The Morgan fingerprint density at radius 2 is 1.95 bits per heavy atom. The molecule has 0 amide bonds. The number of nitro groups is 1. The molecule has 0 unspecified atom stereocenters. The molecule has 0 saturated heterocycles. The summed E-state index contributed by atoms with van der Waals surface area (Å²) in [6, 6.07) is 7.76. The Morgan fingerprint density at radius 1 is 1.19 bits per heavy atom. The fraction of sp³-hybridized carbons (Fsp3) is 0. The van der Waals surface area contributed by atoms with Crippen LogP contribution in [0.4, 0.5) is 11.4 Å².